The number of rotatable bonds is 3. The molecule has 0 saturated heterocycles. The Morgan fingerprint density at radius 2 is 1.82 bits per heavy atom. The molecule has 0 aromatic heterocycles. The minimum absolute atomic E-state index is 0.356. The summed E-state index contributed by atoms with van der Waals surface area (Å²) in [6, 6.07) is 0. The normalized spacial score (nSPS) is 13.5. The van der Waals surface area contributed by atoms with E-state index in [1.54, 1.807) is 6.92 Å². The number of thioether (sulfide) groups is 1. The van der Waals surface area contributed by atoms with E-state index in [1.165, 1.54) is 0 Å². The number of sulfone groups is 1. The third kappa shape index (κ3) is 3.33. The summed E-state index contributed by atoms with van der Waals surface area (Å²) in [7, 11) is -4.90. The van der Waals surface area contributed by atoms with Crippen LogP contribution in [0.15, 0.2) is 0 Å². The molecule has 0 amide bonds. The first-order valence-corrected chi connectivity index (χ1v) is 5.48. The van der Waals surface area contributed by atoms with Gasteiger partial charge in [0, 0.05) is 0 Å². The maximum absolute atomic E-state index is 11.6. The van der Waals surface area contributed by atoms with Crippen LogP contribution in [0.3, 0.4) is 0 Å². The third-order valence-electron chi connectivity index (χ3n) is 0.795. The summed E-state index contributed by atoms with van der Waals surface area (Å²) in [5, 5.41) is -0.882. The average Bonchev–Trinajstić information content (AvgIpc) is 1.81. The molecular formula is C4H7F3O2S2. The van der Waals surface area contributed by atoms with E-state index in [0.717, 1.165) is 11.8 Å². The second-order valence-electron chi connectivity index (χ2n) is 1.67. The van der Waals surface area contributed by atoms with Gasteiger partial charge in [-0.05, 0) is 5.75 Å². The quantitative estimate of drug-likeness (QED) is 0.707. The fourth-order valence-corrected chi connectivity index (χ4v) is 2.34. The van der Waals surface area contributed by atoms with Crippen molar-refractivity contribution < 1.29 is 21.6 Å². The molecule has 0 N–H and O–H groups in total. The van der Waals surface area contributed by atoms with Crippen molar-refractivity contribution >= 4 is 21.6 Å². The van der Waals surface area contributed by atoms with Crippen molar-refractivity contribution in [2.75, 3.05) is 10.8 Å². The van der Waals surface area contributed by atoms with Crippen molar-refractivity contribution in [3.8, 4) is 0 Å². The van der Waals surface area contributed by atoms with E-state index in [-0.39, 0.29) is 0 Å². The Morgan fingerprint density at radius 3 is 2.09 bits per heavy atom. The standard InChI is InChI=1S/C4H7F3O2S2/c1-2-10-3-11(8,9)4(5,6)7/h2-3H2,1H3. The summed E-state index contributed by atoms with van der Waals surface area (Å²) in [5.74, 6) is 0.356. The molecule has 0 radical (unpaired) electrons. The molecule has 0 heterocycles. The van der Waals surface area contributed by atoms with E-state index >= 15 is 0 Å². The first kappa shape index (κ1) is 11.1. The maximum Gasteiger partial charge on any atom is 0.498 e. The van der Waals surface area contributed by atoms with Crippen molar-refractivity contribution in [3.05, 3.63) is 0 Å². The Bertz CT molecular complexity index is 206. The van der Waals surface area contributed by atoms with Crippen LogP contribution in [-0.2, 0) is 9.84 Å². The van der Waals surface area contributed by atoms with Crippen LogP contribution < -0.4 is 0 Å². The van der Waals surface area contributed by atoms with E-state index in [9.17, 15) is 21.6 Å². The van der Waals surface area contributed by atoms with Crippen molar-refractivity contribution in [2.45, 2.75) is 12.4 Å². The van der Waals surface area contributed by atoms with Gasteiger partial charge in [0.25, 0.3) is 9.84 Å². The highest BCUT2D eigenvalue weighted by Crippen LogP contribution is 2.26. The van der Waals surface area contributed by atoms with E-state index < -0.39 is 20.4 Å². The molecule has 7 heteroatoms. The van der Waals surface area contributed by atoms with Gasteiger partial charge in [0.1, 0.15) is 5.08 Å². The van der Waals surface area contributed by atoms with Crippen molar-refractivity contribution in [1.29, 1.82) is 0 Å². The lowest BCUT2D eigenvalue weighted by molar-refractivity contribution is -0.0430. The Labute approximate surface area is 67.1 Å². The maximum atomic E-state index is 11.6. The monoisotopic (exact) mass is 208 g/mol. The third-order valence-corrected chi connectivity index (χ3v) is 3.82. The topological polar surface area (TPSA) is 34.1 Å². The number of alkyl halides is 3. The van der Waals surface area contributed by atoms with Gasteiger partial charge in [-0.1, -0.05) is 6.92 Å². The highest BCUT2D eigenvalue weighted by molar-refractivity contribution is 8.12. The summed E-state index contributed by atoms with van der Waals surface area (Å²) in [6.07, 6.45) is 0. The summed E-state index contributed by atoms with van der Waals surface area (Å²) < 4.78 is 55.2. The average molecular weight is 208 g/mol. The summed E-state index contributed by atoms with van der Waals surface area (Å²) in [5.41, 5.74) is -5.10. The zero-order chi connectivity index (χ0) is 9.12. The minimum Gasteiger partial charge on any atom is -0.219 e. The van der Waals surface area contributed by atoms with Crippen LogP contribution in [0.4, 0.5) is 13.2 Å². The molecule has 0 bridgehead atoms. The van der Waals surface area contributed by atoms with Crippen LogP contribution in [0.25, 0.3) is 0 Å². The number of halogens is 3. The van der Waals surface area contributed by atoms with Crippen molar-refractivity contribution in [3.63, 3.8) is 0 Å². The Kier molecular flexibility index (Phi) is 3.69. The molecule has 0 saturated carbocycles. The molecule has 0 rings (SSSR count). The second kappa shape index (κ2) is 3.66. The summed E-state index contributed by atoms with van der Waals surface area (Å²) in [4.78, 5) is 0. The first-order chi connectivity index (χ1) is 4.81. The fourth-order valence-electron chi connectivity index (χ4n) is 0.260. The highest BCUT2D eigenvalue weighted by Gasteiger charge is 2.44. The lowest BCUT2D eigenvalue weighted by Gasteiger charge is -2.05. The lowest BCUT2D eigenvalue weighted by Crippen LogP contribution is -2.24. The molecule has 0 aromatic rings. The van der Waals surface area contributed by atoms with Crippen LogP contribution in [0.5, 0.6) is 0 Å². The molecule has 0 fully saturated rings. The second-order valence-corrected chi connectivity index (χ2v) is 5.29. The predicted molar refractivity (Wildman–Crippen MR) is 38.0 cm³/mol. The van der Waals surface area contributed by atoms with Gasteiger partial charge in [0.05, 0.1) is 0 Å². The van der Waals surface area contributed by atoms with Crippen LogP contribution in [0, 0.1) is 0 Å². The SMILES string of the molecule is CCSCS(=O)(=O)C(F)(F)F. The molecule has 0 unspecified atom stereocenters. The van der Waals surface area contributed by atoms with Crippen LogP contribution in [0.2, 0.25) is 0 Å². The van der Waals surface area contributed by atoms with Gasteiger partial charge in [0.2, 0.25) is 0 Å². The molecule has 0 aliphatic heterocycles. The van der Waals surface area contributed by atoms with Crippen molar-refractivity contribution in [2.24, 2.45) is 0 Å². The molecule has 68 valence electrons. The number of hydrogen-bond donors (Lipinski definition) is 0. The van der Waals surface area contributed by atoms with Gasteiger partial charge in [-0.25, -0.2) is 8.42 Å². The molecule has 2 nitrogen and oxygen atoms in total. The smallest absolute Gasteiger partial charge is 0.219 e. The first-order valence-electron chi connectivity index (χ1n) is 2.68. The molecular weight excluding hydrogens is 201 g/mol. The van der Waals surface area contributed by atoms with Gasteiger partial charge in [-0.15, -0.1) is 11.8 Å². The van der Waals surface area contributed by atoms with Crippen LogP contribution >= 0.6 is 11.8 Å². The highest BCUT2D eigenvalue weighted by atomic mass is 32.3. The van der Waals surface area contributed by atoms with E-state index in [2.05, 4.69) is 0 Å². The van der Waals surface area contributed by atoms with E-state index in [1.807, 2.05) is 0 Å². The van der Waals surface area contributed by atoms with E-state index in [0.29, 0.717) is 5.75 Å². The molecule has 0 spiro atoms. The van der Waals surface area contributed by atoms with Gasteiger partial charge in [-0.3, -0.25) is 0 Å². The Morgan fingerprint density at radius 1 is 1.36 bits per heavy atom. The molecule has 0 atom stereocenters. The zero-order valence-corrected chi connectivity index (χ0v) is 7.31. The van der Waals surface area contributed by atoms with Gasteiger partial charge < -0.3 is 0 Å². The molecule has 0 aromatic carbocycles. The zero-order valence-electron chi connectivity index (χ0n) is 5.68. The minimum atomic E-state index is -5.10. The van der Waals surface area contributed by atoms with Gasteiger partial charge in [-0.2, -0.15) is 13.2 Å². The van der Waals surface area contributed by atoms with Gasteiger partial charge >= 0.3 is 5.51 Å². The predicted octanol–water partition coefficient (Wildman–Crippen LogP) is 1.63. The van der Waals surface area contributed by atoms with E-state index in [4.69, 9.17) is 0 Å². The largest absolute Gasteiger partial charge is 0.498 e. The molecule has 0 aliphatic rings. The summed E-state index contributed by atoms with van der Waals surface area (Å²) >= 11 is 0.734. The van der Waals surface area contributed by atoms with Crippen molar-refractivity contribution in [1.82, 2.24) is 0 Å². The Hall–Kier alpha value is 0.0900. The molecule has 0 aliphatic carbocycles. The lowest BCUT2D eigenvalue weighted by atomic mass is 11.0. The van der Waals surface area contributed by atoms with Gasteiger partial charge in [0.15, 0.2) is 0 Å². The Balaban J connectivity index is 4.26. The fraction of sp³-hybridized carbons (Fsp3) is 1.00. The van der Waals surface area contributed by atoms with Crippen LogP contribution in [0.1, 0.15) is 6.92 Å². The number of hydrogen-bond acceptors (Lipinski definition) is 3. The summed E-state index contributed by atoms with van der Waals surface area (Å²) in [6.45, 7) is 1.59. The molecule has 11 heavy (non-hydrogen) atoms. The van der Waals surface area contributed by atoms with Crippen LogP contribution in [-0.4, -0.2) is 24.8 Å².